The number of aliphatic imine (C=N–C) groups is 1. The second kappa shape index (κ2) is 6.65. The predicted octanol–water partition coefficient (Wildman–Crippen LogP) is 2.45. The molecule has 0 rings (SSSR count). The SMILES string of the molecule is C=C/N=C\C(=C)N(C)CCCC. The molecule has 0 spiro atoms. The zero-order chi connectivity index (χ0) is 9.40. The number of hydrogen-bond donors (Lipinski definition) is 0. The van der Waals surface area contributed by atoms with Gasteiger partial charge in [-0.15, -0.1) is 0 Å². The molecule has 0 fully saturated rings. The predicted molar refractivity (Wildman–Crippen MR) is 55.4 cm³/mol. The van der Waals surface area contributed by atoms with Crippen molar-refractivity contribution in [1.29, 1.82) is 0 Å². The van der Waals surface area contributed by atoms with Crippen LogP contribution < -0.4 is 0 Å². The first-order chi connectivity index (χ1) is 5.72. The lowest BCUT2D eigenvalue weighted by Crippen LogP contribution is -2.18. The van der Waals surface area contributed by atoms with Crippen molar-refractivity contribution in [2.75, 3.05) is 13.6 Å². The van der Waals surface area contributed by atoms with Crippen molar-refractivity contribution < 1.29 is 0 Å². The fraction of sp³-hybridized carbons (Fsp3) is 0.500. The van der Waals surface area contributed by atoms with E-state index in [1.54, 1.807) is 6.21 Å². The number of unbranched alkanes of at least 4 members (excludes halogenated alkanes) is 1. The molecular formula is C10H18N2. The summed E-state index contributed by atoms with van der Waals surface area (Å²) >= 11 is 0. The van der Waals surface area contributed by atoms with Gasteiger partial charge in [0.25, 0.3) is 0 Å². The van der Waals surface area contributed by atoms with E-state index in [4.69, 9.17) is 0 Å². The topological polar surface area (TPSA) is 15.6 Å². The second-order valence-corrected chi connectivity index (χ2v) is 2.73. The van der Waals surface area contributed by atoms with Crippen LogP contribution >= 0.6 is 0 Å². The Hall–Kier alpha value is -1.05. The van der Waals surface area contributed by atoms with Crippen molar-refractivity contribution in [3.8, 4) is 0 Å². The maximum absolute atomic E-state index is 3.90. The first kappa shape index (κ1) is 11.0. The molecule has 0 atom stereocenters. The van der Waals surface area contributed by atoms with Crippen LogP contribution in [0.5, 0.6) is 0 Å². The van der Waals surface area contributed by atoms with Gasteiger partial charge in [0.1, 0.15) is 0 Å². The minimum absolute atomic E-state index is 0.934. The third kappa shape index (κ3) is 4.72. The number of rotatable bonds is 6. The summed E-state index contributed by atoms with van der Waals surface area (Å²) in [5.41, 5.74) is 0.934. The van der Waals surface area contributed by atoms with Crippen LogP contribution in [0.4, 0.5) is 0 Å². The Labute approximate surface area is 75.3 Å². The summed E-state index contributed by atoms with van der Waals surface area (Å²) in [5, 5.41) is 0. The van der Waals surface area contributed by atoms with E-state index in [1.165, 1.54) is 19.0 Å². The molecule has 2 heteroatoms. The number of hydrogen-bond acceptors (Lipinski definition) is 2. The third-order valence-corrected chi connectivity index (χ3v) is 1.67. The fourth-order valence-electron chi connectivity index (χ4n) is 0.776. The summed E-state index contributed by atoms with van der Waals surface area (Å²) in [5.74, 6) is 0. The highest BCUT2D eigenvalue weighted by Gasteiger charge is 1.96. The summed E-state index contributed by atoms with van der Waals surface area (Å²) in [6, 6.07) is 0. The van der Waals surface area contributed by atoms with E-state index in [0.717, 1.165) is 12.2 Å². The molecule has 0 saturated carbocycles. The van der Waals surface area contributed by atoms with Gasteiger partial charge in [-0.25, -0.2) is 0 Å². The Bertz CT molecular complexity index is 171. The van der Waals surface area contributed by atoms with Gasteiger partial charge in [0.2, 0.25) is 0 Å². The zero-order valence-corrected chi connectivity index (χ0v) is 8.08. The van der Waals surface area contributed by atoms with Crippen molar-refractivity contribution in [3.63, 3.8) is 0 Å². The average Bonchev–Trinajstić information content (AvgIpc) is 2.10. The van der Waals surface area contributed by atoms with Crippen LogP contribution in [-0.4, -0.2) is 24.7 Å². The van der Waals surface area contributed by atoms with E-state index < -0.39 is 0 Å². The first-order valence-electron chi connectivity index (χ1n) is 4.26. The molecule has 0 N–H and O–H groups in total. The van der Waals surface area contributed by atoms with Gasteiger partial charge in [0.15, 0.2) is 0 Å². The molecule has 0 aromatic heterocycles. The van der Waals surface area contributed by atoms with Crippen molar-refractivity contribution in [2.45, 2.75) is 19.8 Å². The molecule has 68 valence electrons. The van der Waals surface area contributed by atoms with Crippen LogP contribution in [-0.2, 0) is 0 Å². The van der Waals surface area contributed by atoms with E-state index in [1.807, 2.05) is 7.05 Å². The molecule has 0 aliphatic carbocycles. The van der Waals surface area contributed by atoms with Gasteiger partial charge >= 0.3 is 0 Å². The van der Waals surface area contributed by atoms with Gasteiger partial charge in [0, 0.05) is 31.7 Å². The van der Waals surface area contributed by atoms with Gasteiger partial charge < -0.3 is 4.90 Å². The largest absolute Gasteiger partial charge is 0.374 e. The molecule has 0 amide bonds. The quantitative estimate of drug-likeness (QED) is 0.553. The van der Waals surface area contributed by atoms with Crippen LogP contribution in [0, 0.1) is 0 Å². The lowest BCUT2D eigenvalue weighted by molar-refractivity contribution is 0.427. The van der Waals surface area contributed by atoms with Crippen LogP contribution in [0.3, 0.4) is 0 Å². The molecule has 0 aromatic carbocycles. The zero-order valence-electron chi connectivity index (χ0n) is 8.08. The number of nitrogens with zero attached hydrogens (tertiary/aromatic N) is 2. The first-order valence-corrected chi connectivity index (χ1v) is 4.26. The van der Waals surface area contributed by atoms with E-state index in [9.17, 15) is 0 Å². The lowest BCUT2D eigenvalue weighted by atomic mass is 10.3. The van der Waals surface area contributed by atoms with Crippen LogP contribution in [0.15, 0.2) is 30.0 Å². The van der Waals surface area contributed by atoms with E-state index in [-0.39, 0.29) is 0 Å². The highest BCUT2D eigenvalue weighted by molar-refractivity contribution is 5.77. The standard InChI is InChI=1S/C10H18N2/c1-5-7-8-12(4)10(3)9-11-6-2/h6,9H,2-3,5,7-8H2,1,4H3/b11-9-. The van der Waals surface area contributed by atoms with E-state index in [2.05, 4.69) is 30.0 Å². The Kier molecular flexibility index (Phi) is 6.07. The van der Waals surface area contributed by atoms with Crippen molar-refractivity contribution >= 4 is 6.21 Å². The van der Waals surface area contributed by atoms with Crippen molar-refractivity contribution in [3.05, 3.63) is 25.1 Å². The Morgan fingerprint density at radius 3 is 2.75 bits per heavy atom. The van der Waals surface area contributed by atoms with Crippen molar-refractivity contribution in [2.24, 2.45) is 4.99 Å². The molecule has 0 aliphatic rings. The van der Waals surface area contributed by atoms with Crippen LogP contribution in [0.2, 0.25) is 0 Å². The maximum Gasteiger partial charge on any atom is 0.0495 e. The molecule has 0 aromatic rings. The van der Waals surface area contributed by atoms with Crippen molar-refractivity contribution in [1.82, 2.24) is 4.90 Å². The molecule has 0 unspecified atom stereocenters. The molecule has 0 saturated heterocycles. The molecule has 0 radical (unpaired) electrons. The Morgan fingerprint density at radius 1 is 1.58 bits per heavy atom. The van der Waals surface area contributed by atoms with Gasteiger partial charge in [-0.3, -0.25) is 4.99 Å². The highest BCUT2D eigenvalue weighted by atomic mass is 15.1. The second-order valence-electron chi connectivity index (χ2n) is 2.73. The fourth-order valence-corrected chi connectivity index (χ4v) is 0.776. The smallest absolute Gasteiger partial charge is 0.0495 e. The Balaban J connectivity index is 3.76. The maximum atomic E-state index is 3.90. The minimum Gasteiger partial charge on any atom is -0.374 e. The number of allylic oxidation sites excluding steroid dienone is 1. The van der Waals surface area contributed by atoms with E-state index >= 15 is 0 Å². The van der Waals surface area contributed by atoms with Crippen LogP contribution in [0.25, 0.3) is 0 Å². The van der Waals surface area contributed by atoms with E-state index in [0.29, 0.717) is 0 Å². The lowest BCUT2D eigenvalue weighted by Gasteiger charge is -2.17. The molecule has 2 nitrogen and oxygen atoms in total. The summed E-state index contributed by atoms with van der Waals surface area (Å²) in [6.45, 7) is 10.6. The molecule has 0 heterocycles. The van der Waals surface area contributed by atoms with Gasteiger partial charge in [-0.05, 0) is 6.42 Å². The third-order valence-electron chi connectivity index (χ3n) is 1.67. The summed E-state index contributed by atoms with van der Waals surface area (Å²) in [7, 11) is 2.02. The summed E-state index contributed by atoms with van der Waals surface area (Å²) < 4.78 is 0. The Morgan fingerprint density at radius 2 is 2.25 bits per heavy atom. The van der Waals surface area contributed by atoms with Gasteiger partial charge in [0.05, 0.1) is 0 Å². The molecule has 12 heavy (non-hydrogen) atoms. The average molecular weight is 166 g/mol. The highest BCUT2D eigenvalue weighted by Crippen LogP contribution is 1.98. The van der Waals surface area contributed by atoms with Crippen LogP contribution in [0.1, 0.15) is 19.8 Å². The summed E-state index contributed by atoms with van der Waals surface area (Å²) in [4.78, 5) is 5.99. The molecule has 0 bridgehead atoms. The normalized spacial score (nSPS) is 10.2. The molecule has 0 aliphatic heterocycles. The van der Waals surface area contributed by atoms with Gasteiger partial charge in [-0.2, -0.15) is 0 Å². The molecular weight excluding hydrogens is 148 g/mol. The summed E-state index contributed by atoms with van der Waals surface area (Å²) in [6.07, 6.45) is 5.63. The monoisotopic (exact) mass is 166 g/mol. The minimum atomic E-state index is 0.934. The van der Waals surface area contributed by atoms with Gasteiger partial charge in [-0.1, -0.05) is 26.5 Å².